The monoisotopic (exact) mass is 159 g/mol. The topological polar surface area (TPSA) is 23.8 Å². The molecule has 6 rings (SSSR count). The third kappa shape index (κ3) is 0.346. The van der Waals surface area contributed by atoms with Gasteiger partial charge in [-0.15, -0.1) is 0 Å². The Morgan fingerprint density at radius 2 is 1.58 bits per heavy atom. The molecule has 0 unspecified atom stereocenters. The van der Waals surface area contributed by atoms with Crippen molar-refractivity contribution in [2.45, 2.75) is 38.5 Å². The minimum absolute atomic E-state index is 0.190. The van der Waals surface area contributed by atoms with E-state index in [2.05, 4.69) is 6.07 Å². The summed E-state index contributed by atoms with van der Waals surface area (Å²) in [6.45, 7) is 0. The van der Waals surface area contributed by atoms with Crippen molar-refractivity contribution in [2.75, 3.05) is 0 Å². The number of rotatable bonds is 1. The Bertz CT molecular complexity index is 286. The lowest BCUT2D eigenvalue weighted by Crippen LogP contribution is -2.75. The molecular formula is C11H13N. The molecule has 0 saturated heterocycles. The lowest BCUT2D eigenvalue weighted by Gasteiger charge is -2.83. The van der Waals surface area contributed by atoms with E-state index < -0.39 is 0 Å². The Labute approximate surface area is 72.8 Å². The van der Waals surface area contributed by atoms with E-state index in [1.54, 1.807) is 0 Å². The van der Waals surface area contributed by atoms with Crippen LogP contribution in [0, 0.1) is 33.5 Å². The summed E-state index contributed by atoms with van der Waals surface area (Å²) in [5.41, 5.74) is 1.68. The fourth-order valence-electron chi connectivity index (χ4n) is 4.60. The van der Waals surface area contributed by atoms with E-state index in [4.69, 9.17) is 5.26 Å². The second-order valence-electron chi connectivity index (χ2n) is 5.96. The van der Waals surface area contributed by atoms with Crippen LogP contribution >= 0.6 is 0 Å². The number of nitriles is 1. The summed E-state index contributed by atoms with van der Waals surface area (Å²) in [5.74, 6) is 1.11. The Hall–Kier alpha value is -0.510. The zero-order valence-electron chi connectivity index (χ0n) is 7.27. The highest BCUT2D eigenvalue weighted by Gasteiger charge is 2.80. The summed E-state index contributed by atoms with van der Waals surface area (Å²) in [7, 11) is 0. The van der Waals surface area contributed by atoms with E-state index >= 15 is 0 Å². The zero-order chi connectivity index (χ0) is 8.03. The van der Waals surface area contributed by atoms with Gasteiger partial charge in [0, 0.05) is 0 Å². The van der Waals surface area contributed by atoms with Crippen LogP contribution in [0.25, 0.3) is 0 Å². The summed E-state index contributed by atoms with van der Waals surface area (Å²) < 4.78 is 0. The van der Waals surface area contributed by atoms with Crippen molar-refractivity contribution < 1.29 is 0 Å². The minimum Gasteiger partial charge on any atom is -0.198 e. The Kier molecular flexibility index (Phi) is 0.627. The van der Waals surface area contributed by atoms with Crippen LogP contribution in [0.1, 0.15) is 38.5 Å². The molecule has 6 saturated carbocycles. The van der Waals surface area contributed by atoms with Gasteiger partial charge in [0.15, 0.2) is 0 Å². The molecule has 0 radical (unpaired) electrons. The lowest BCUT2D eigenvalue weighted by atomic mass is 9.20. The average Bonchev–Trinajstić information content (AvgIpc) is 1.64. The molecule has 62 valence electrons. The molecule has 0 heterocycles. The largest absolute Gasteiger partial charge is 0.198 e. The lowest BCUT2D eigenvalue weighted by molar-refractivity contribution is -0.333. The van der Waals surface area contributed by atoms with Gasteiger partial charge < -0.3 is 0 Å². The highest BCUT2D eigenvalue weighted by atomic mass is 14.8. The molecule has 0 atom stereocenters. The third-order valence-electron chi connectivity index (χ3n) is 5.43. The quantitative estimate of drug-likeness (QED) is 0.576. The second kappa shape index (κ2) is 1.25. The smallest absolute Gasteiger partial charge is 0.0690 e. The maximum atomic E-state index is 8.92. The normalized spacial score (nSPS) is 69.4. The number of nitrogens with zero attached hydrogens (tertiary/aromatic N) is 1. The van der Waals surface area contributed by atoms with Crippen molar-refractivity contribution >= 4 is 0 Å². The van der Waals surface area contributed by atoms with Crippen molar-refractivity contribution in [2.24, 2.45) is 22.2 Å². The molecule has 0 aromatic carbocycles. The molecule has 6 aliphatic carbocycles. The summed E-state index contributed by atoms with van der Waals surface area (Å²) in [6.07, 6.45) is 8.37. The van der Waals surface area contributed by atoms with Crippen molar-refractivity contribution in [3.8, 4) is 6.07 Å². The van der Waals surface area contributed by atoms with E-state index in [9.17, 15) is 0 Å². The molecule has 1 heteroatoms. The van der Waals surface area contributed by atoms with Crippen LogP contribution < -0.4 is 0 Å². The van der Waals surface area contributed by atoms with Crippen LogP contribution in [0.2, 0.25) is 0 Å². The maximum absolute atomic E-state index is 8.92. The average molecular weight is 159 g/mol. The molecule has 0 aromatic rings. The van der Waals surface area contributed by atoms with Crippen LogP contribution in [0.5, 0.6) is 0 Å². The Balaban J connectivity index is 1.64. The van der Waals surface area contributed by atoms with Gasteiger partial charge in [-0.1, -0.05) is 0 Å². The summed E-state index contributed by atoms with van der Waals surface area (Å²) in [6, 6.07) is 2.51. The van der Waals surface area contributed by atoms with Gasteiger partial charge in [0.1, 0.15) is 0 Å². The van der Waals surface area contributed by atoms with Crippen molar-refractivity contribution in [3.63, 3.8) is 0 Å². The first kappa shape index (κ1) is 6.02. The van der Waals surface area contributed by atoms with E-state index in [0.29, 0.717) is 5.41 Å². The fraction of sp³-hybridized carbons (Fsp3) is 0.909. The van der Waals surface area contributed by atoms with Crippen LogP contribution in [0.3, 0.4) is 0 Å². The molecule has 4 bridgehead atoms. The first-order valence-corrected chi connectivity index (χ1v) is 5.13. The van der Waals surface area contributed by atoms with E-state index in [0.717, 1.165) is 11.3 Å². The summed E-state index contributed by atoms with van der Waals surface area (Å²) in [5, 5.41) is 8.92. The molecule has 0 aliphatic heterocycles. The Morgan fingerprint density at radius 1 is 1.00 bits per heavy atom. The van der Waals surface area contributed by atoms with E-state index in [1.807, 2.05) is 0 Å². The van der Waals surface area contributed by atoms with Crippen molar-refractivity contribution in [3.05, 3.63) is 0 Å². The second-order valence-corrected chi connectivity index (χ2v) is 5.96. The van der Waals surface area contributed by atoms with E-state index in [1.165, 1.54) is 38.5 Å². The molecule has 6 aliphatic rings. The number of hydrogen-bond acceptors (Lipinski definition) is 1. The van der Waals surface area contributed by atoms with Gasteiger partial charge in [-0.05, 0) is 55.3 Å². The predicted molar refractivity (Wildman–Crippen MR) is 44.1 cm³/mol. The predicted octanol–water partition coefficient (Wildman–Crippen LogP) is 2.48. The molecule has 0 aromatic heterocycles. The van der Waals surface area contributed by atoms with Gasteiger partial charge >= 0.3 is 0 Å². The molecule has 1 nitrogen and oxygen atoms in total. The highest BCUT2D eigenvalue weighted by molar-refractivity contribution is 5.34. The summed E-state index contributed by atoms with van der Waals surface area (Å²) in [4.78, 5) is 0. The van der Waals surface area contributed by atoms with Gasteiger partial charge in [-0.2, -0.15) is 5.26 Å². The van der Waals surface area contributed by atoms with Crippen molar-refractivity contribution in [1.29, 1.82) is 5.26 Å². The molecule has 0 amide bonds. The fourth-order valence-corrected chi connectivity index (χ4v) is 4.60. The molecular weight excluding hydrogens is 146 g/mol. The van der Waals surface area contributed by atoms with Crippen molar-refractivity contribution in [1.82, 2.24) is 0 Å². The van der Waals surface area contributed by atoms with Gasteiger partial charge in [0.2, 0.25) is 0 Å². The molecule has 0 N–H and O–H groups in total. The molecule has 0 spiro atoms. The van der Waals surface area contributed by atoms with Gasteiger partial charge in [-0.25, -0.2) is 0 Å². The number of hydrogen-bond donors (Lipinski definition) is 0. The maximum Gasteiger partial charge on any atom is 0.0690 e. The summed E-state index contributed by atoms with van der Waals surface area (Å²) >= 11 is 0. The van der Waals surface area contributed by atoms with Gasteiger partial charge in [-0.3, -0.25) is 0 Å². The molecule has 12 heavy (non-hydrogen) atoms. The van der Waals surface area contributed by atoms with Crippen LogP contribution in [-0.2, 0) is 0 Å². The first-order chi connectivity index (χ1) is 5.72. The van der Waals surface area contributed by atoms with Crippen LogP contribution in [0.15, 0.2) is 0 Å². The standard InChI is InChI=1S/C11H13N/c12-7-9-4-11(5-9,6-9)10-1-8(2-10)3-10/h8H,1-6H2. The zero-order valence-corrected chi connectivity index (χ0v) is 7.27. The third-order valence-corrected chi connectivity index (χ3v) is 5.43. The minimum atomic E-state index is 0.190. The van der Waals surface area contributed by atoms with Gasteiger partial charge in [0.05, 0.1) is 11.5 Å². The highest BCUT2D eigenvalue weighted by Crippen LogP contribution is 2.88. The van der Waals surface area contributed by atoms with Crippen LogP contribution in [0.4, 0.5) is 0 Å². The van der Waals surface area contributed by atoms with E-state index in [-0.39, 0.29) is 5.41 Å². The molecule has 6 fully saturated rings. The Morgan fingerprint density at radius 3 is 1.92 bits per heavy atom. The van der Waals surface area contributed by atoms with Gasteiger partial charge in [0.25, 0.3) is 0 Å². The van der Waals surface area contributed by atoms with Crippen LogP contribution in [-0.4, -0.2) is 0 Å². The SMILES string of the molecule is N#CC12CC(C34CC(C3)C4)(C1)C2. The first-order valence-electron chi connectivity index (χ1n) is 5.13.